The zero-order chi connectivity index (χ0) is 16.9. The molecule has 0 atom stereocenters. The van der Waals surface area contributed by atoms with Crippen LogP contribution in [-0.4, -0.2) is 29.0 Å². The van der Waals surface area contributed by atoms with Crippen LogP contribution in [0.25, 0.3) is 23.0 Å². The minimum absolute atomic E-state index is 0.187. The molecule has 24 heavy (non-hydrogen) atoms. The van der Waals surface area contributed by atoms with Gasteiger partial charge in [-0.15, -0.1) is 10.2 Å². The molecular formula is C18H19N3O3. The fourth-order valence-electron chi connectivity index (χ4n) is 3.42. The van der Waals surface area contributed by atoms with Crippen LogP contribution < -0.4 is 9.47 Å². The first-order chi connectivity index (χ1) is 11.5. The van der Waals surface area contributed by atoms with E-state index in [1.807, 2.05) is 24.3 Å². The van der Waals surface area contributed by atoms with Crippen molar-refractivity contribution < 1.29 is 13.9 Å². The van der Waals surface area contributed by atoms with Crippen LogP contribution in [0.1, 0.15) is 19.4 Å². The molecule has 0 amide bonds. The highest BCUT2D eigenvalue weighted by molar-refractivity contribution is 5.70. The molecule has 1 aromatic carbocycles. The molecule has 3 heterocycles. The molecule has 4 rings (SSSR count). The van der Waals surface area contributed by atoms with E-state index in [-0.39, 0.29) is 5.54 Å². The fourth-order valence-corrected chi connectivity index (χ4v) is 3.42. The first kappa shape index (κ1) is 14.8. The third-order valence-electron chi connectivity index (χ3n) is 4.48. The van der Waals surface area contributed by atoms with Crippen molar-refractivity contribution in [2.45, 2.75) is 25.8 Å². The molecule has 0 aliphatic carbocycles. The topological polar surface area (TPSA) is 62.3 Å². The summed E-state index contributed by atoms with van der Waals surface area (Å²) in [6, 6.07) is 7.75. The van der Waals surface area contributed by atoms with Crippen LogP contribution in [-0.2, 0) is 12.0 Å². The lowest BCUT2D eigenvalue weighted by Crippen LogP contribution is -2.33. The molecule has 0 N–H and O–H groups in total. The van der Waals surface area contributed by atoms with Gasteiger partial charge < -0.3 is 13.9 Å². The van der Waals surface area contributed by atoms with Gasteiger partial charge in [0.1, 0.15) is 0 Å². The highest BCUT2D eigenvalue weighted by atomic mass is 16.5. The summed E-state index contributed by atoms with van der Waals surface area (Å²) in [5.74, 6) is 3.68. The standard InChI is InChI=1S/C18H19N3O3/c1-18(2)10-11-8-14(22-3)15(23-4)9-12(11)16-19-20-17(21(16)18)13-6-5-7-24-13/h5-9H,10H2,1-4H3. The van der Waals surface area contributed by atoms with E-state index in [0.717, 1.165) is 29.4 Å². The summed E-state index contributed by atoms with van der Waals surface area (Å²) >= 11 is 0. The number of hydrogen-bond donors (Lipinski definition) is 0. The van der Waals surface area contributed by atoms with Crippen LogP contribution in [0.5, 0.6) is 11.5 Å². The molecule has 0 radical (unpaired) electrons. The number of benzene rings is 1. The van der Waals surface area contributed by atoms with E-state index in [1.54, 1.807) is 20.5 Å². The quantitative estimate of drug-likeness (QED) is 0.737. The van der Waals surface area contributed by atoms with Gasteiger partial charge in [-0.3, -0.25) is 4.57 Å². The van der Waals surface area contributed by atoms with Gasteiger partial charge in [-0.25, -0.2) is 0 Å². The van der Waals surface area contributed by atoms with Crippen molar-refractivity contribution in [2.24, 2.45) is 0 Å². The summed E-state index contributed by atoms with van der Waals surface area (Å²) in [5.41, 5.74) is 1.99. The Morgan fingerprint density at radius 2 is 1.79 bits per heavy atom. The number of aromatic nitrogens is 3. The number of methoxy groups -OCH3 is 2. The molecular weight excluding hydrogens is 306 g/mol. The average Bonchev–Trinajstić information content (AvgIpc) is 3.22. The van der Waals surface area contributed by atoms with Crippen molar-refractivity contribution in [3.05, 3.63) is 36.1 Å². The third kappa shape index (κ3) is 2.02. The Kier molecular flexibility index (Phi) is 3.16. The second kappa shape index (κ2) is 5.12. The molecule has 0 unspecified atom stereocenters. The van der Waals surface area contributed by atoms with Crippen molar-refractivity contribution in [1.82, 2.24) is 14.8 Å². The van der Waals surface area contributed by atoms with Gasteiger partial charge in [0.2, 0.25) is 5.82 Å². The maximum Gasteiger partial charge on any atom is 0.200 e. The highest BCUT2D eigenvalue weighted by Crippen LogP contribution is 2.44. The molecule has 0 bridgehead atoms. The molecule has 0 saturated heterocycles. The number of nitrogens with zero attached hydrogens (tertiary/aromatic N) is 3. The zero-order valence-corrected chi connectivity index (χ0v) is 14.2. The molecule has 6 heteroatoms. The SMILES string of the molecule is COc1cc2c(cc1OC)-c1nnc(-c3ccco3)n1C(C)(C)C2. The van der Waals surface area contributed by atoms with E-state index in [9.17, 15) is 0 Å². The van der Waals surface area contributed by atoms with E-state index in [1.165, 1.54) is 5.56 Å². The highest BCUT2D eigenvalue weighted by Gasteiger charge is 2.36. The number of hydrogen-bond acceptors (Lipinski definition) is 5. The number of ether oxygens (including phenoxy) is 2. The largest absolute Gasteiger partial charge is 0.493 e. The second-order valence-electron chi connectivity index (χ2n) is 6.51. The zero-order valence-electron chi connectivity index (χ0n) is 14.2. The van der Waals surface area contributed by atoms with Crippen molar-refractivity contribution in [3.63, 3.8) is 0 Å². The van der Waals surface area contributed by atoms with Gasteiger partial charge >= 0.3 is 0 Å². The average molecular weight is 325 g/mol. The Morgan fingerprint density at radius 3 is 2.46 bits per heavy atom. The summed E-state index contributed by atoms with van der Waals surface area (Å²) in [7, 11) is 3.28. The van der Waals surface area contributed by atoms with E-state index < -0.39 is 0 Å². The van der Waals surface area contributed by atoms with E-state index in [4.69, 9.17) is 13.9 Å². The van der Waals surface area contributed by atoms with E-state index >= 15 is 0 Å². The number of furan rings is 1. The van der Waals surface area contributed by atoms with Crippen LogP contribution in [0.2, 0.25) is 0 Å². The van der Waals surface area contributed by atoms with Gasteiger partial charge in [-0.1, -0.05) is 0 Å². The van der Waals surface area contributed by atoms with Crippen LogP contribution in [0.4, 0.5) is 0 Å². The molecule has 124 valence electrons. The Morgan fingerprint density at radius 1 is 1.08 bits per heavy atom. The maximum atomic E-state index is 5.54. The lowest BCUT2D eigenvalue weighted by Gasteiger charge is -2.34. The summed E-state index contributed by atoms with van der Waals surface area (Å²) in [4.78, 5) is 0. The number of fused-ring (bicyclic) bond motifs is 3. The maximum absolute atomic E-state index is 5.54. The lowest BCUT2D eigenvalue weighted by atomic mass is 9.86. The monoisotopic (exact) mass is 325 g/mol. The molecule has 2 aromatic heterocycles. The minimum Gasteiger partial charge on any atom is -0.493 e. The summed E-state index contributed by atoms with van der Waals surface area (Å²) in [5, 5.41) is 8.82. The summed E-state index contributed by atoms with van der Waals surface area (Å²) in [6.45, 7) is 4.35. The fraction of sp³-hybridized carbons (Fsp3) is 0.333. The van der Waals surface area contributed by atoms with Crippen LogP contribution in [0.3, 0.4) is 0 Å². The van der Waals surface area contributed by atoms with Gasteiger partial charge in [0.05, 0.1) is 20.5 Å². The van der Waals surface area contributed by atoms with Crippen LogP contribution in [0.15, 0.2) is 34.9 Å². The first-order valence-electron chi connectivity index (χ1n) is 7.80. The van der Waals surface area contributed by atoms with Crippen LogP contribution in [0, 0.1) is 0 Å². The minimum atomic E-state index is -0.187. The predicted molar refractivity (Wildman–Crippen MR) is 89.3 cm³/mol. The van der Waals surface area contributed by atoms with Crippen LogP contribution >= 0.6 is 0 Å². The smallest absolute Gasteiger partial charge is 0.200 e. The molecule has 0 saturated carbocycles. The van der Waals surface area contributed by atoms with Crippen molar-refractivity contribution in [1.29, 1.82) is 0 Å². The lowest BCUT2D eigenvalue weighted by molar-refractivity contribution is 0.339. The van der Waals surface area contributed by atoms with Crippen molar-refractivity contribution >= 4 is 0 Å². The van der Waals surface area contributed by atoms with Gasteiger partial charge in [-0.2, -0.15) is 0 Å². The van der Waals surface area contributed by atoms with Crippen molar-refractivity contribution in [3.8, 4) is 34.5 Å². The first-order valence-corrected chi connectivity index (χ1v) is 7.80. The molecule has 6 nitrogen and oxygen atoms in total. The van der Waals surface area contributed by atoms with E-state index in [2.05, 4.69) is 28.6 Å². The molecule has 1 aliphatic rings. The second-order valence-corrected chi connectivity index (χ2v) is 6.51. The Bertz CT molecular complexity index is 895. The van der Waals surface area contributed by atoms with E-state index in [0.29, 0.717) is 11.5 Å². The third-order valence-corrected chi connectivity index (χ3v) is 4.48. The normalized spacial score (nSPS) is 14.8. The Labute approximate surface area is 140 Å². The van der Waals surface area contributed by atoms with Gasteiger partial charge in [0, 0.05) is 11.1 Å². The molecule has 1 aliphatic heterocycles. The molecule has 0 fully saturated rings. The summed E-state index contributed by atoms with van der Waals surface area (Å²) < 4.78 is 18.6. The van der Waals surface area contributed by atoms with Gasteiger partial charge in [-0.05, 0) is 50.1 Å². The summed E-state index contributed by atoms with van der Waals surface area (Å²) in [6.07, 6.45) is 2.48. The van der Waals surface area contributed by atoms with Crippen molar-refractivity contribution in [2.75, 3.05) is 14.2 Å². The Hall–Kier alpha value is -2.76. The molecule has 3 aromatic rings. The Balaban J connectivity index is 1.97. The van der Waals surface area contributed by atoms with Gasteiger partial charge in [0.15, 0.2) is 23.1 Å². The number of rotatable bonds is 3. The molecule has 0 spiro atoms. The van der Waals surface area contributed by atoms with Gasteiger partial charge in [0.25, 0.3) is 0 Å². The predicted octanol–water partition coefficient (Wildman–Crippen LogP) is 3.51.